The van der Waals surface area contributed by atoms with Crippen LogP contribution >= 0.6 is 0 Å². The number of hydrogen-bond acceptors (Lipinski definition) is 4. The smallest absolute Gasteiger partial charge is 0.312 e. The second kappa shape index (κ2) is 8.27. The lowest BCUT2D eigenvalue weighted by Gasteiger charge is -2.26. The van der Waals surface area contributed by atoms with Crippen LogP contribution in [0.2, 0.25) is 0 Å². The fourth-order valence-corrected chi connectivity index (χ4v) is 1.85. The minimum absolute atomic E-state index is 0. The third kappa shape index (κ3) is 4.97. The number of carbonyl (C=O) groups excluding carboxylic acids is 1. The van der Waals surface area contributed by atoms with Crippen LogP contribution in [0.1, 0.15) is 13.8 Å². The molecule has 0 saturated carbocycles. The van der Waals surface area contributed by atoms with E-state index in [1.807, 2.05) is 24.3 Å². The molecule has 6 heteroatoms. The van der Waals surface area contributed by atoms with Crippen LogP contribution in [0.25, 0.3) is 0 Å². The molecule has 2 rings (SSSR count). The Balaban J connectivity index is 0.00000200. The Hall–Kier alpha value is -1.95. The molecule has 1 unspecified atom stereocenters. The van der Waals surface area contributed by atoms with Gasteiger partial charge in [-0.1, -0.05) is 19.6 Å². The van der Waals surface area contributed by atoms with Crippen LogP contribution in [0.15, 0.2) is 24.3 Å². The molecule has 1 aromatic carbocycles. The number of nitrogens with one attached hydrogen (secondary N) is 2. The van der Waals surface area contributed by atoms with E-state index in [1.54, 1.807) is 0 Å². The molecule has 1 atom stereocenters. The van der Waals surface area contributed by atoms with E-state index in [2.05, 4.69) is 10.6 Å². The Morgan fingerprint density at radius 3 is 2.80 bits per heavy atom. The van der Waals surface area contributed by atoms with Gasteiger partial charge in [-0.15, -0.1) is 0 Å². The molecule has 0 fully saturated rings. The Labute approximate surface area is 119 Å². The molecule has 0 saturated heterocycles. The van der Waals surface area contributed by atoms with Crippen LogP contribution in [0, 0.1) is 0 Å². The standard InChI is InChI=1S/C13H19N3O3.CH4/c14-13(17)16-7-3-6-15-8-10-9-18-11-4-1-2-5-12(11)19-10;/h1-2,4-5,10,15H,3,6-9H2,(H3,14,16,17);1H4. The maximum atomic E-state index is 10.5. The molecule has 20 heavy (non-hydrogen) atoms. The van der Waals surface area contributed by atoms with E-state index in [0.29, 0.717) is 19.7 Å². The van der Waals surface area contributed by atoms with Gasteiger partial charge in [-0.05, 0) is 25.1 Å². The molecule has 4 N–H and O–H groups in total. The van der Waals surface area contributed by atoms with Crippen molar-refractivity contribution in [3.05, 3.63) is 24.3 Å². The van der Waals surface area contributed by atoms with Crippen LogP contribution < -0.4 is 25.8 Å². The molecule has 0 radical (unpaired) electrons. The number of rotatable bonds is 6. The van der Waals surface area contributed by atoms with E-state index >= 15 is 0 Å². The third-order valence-corrected chi connectivity index (χ3v) is 2.77. The molecule has 0 aromatic heterocycles. The number of fused-ring (bicyclic) bond motifs is 1. The maximum Gasteiger partial charge on any atom is 0.312 e. The summed E-state index contributed by atoms with van der Waals surface area (Å²) in [5, 5.41) is 5.80. The van der Waals surface area contributed by atoms with Crippen molar-refractivity contribution in [2.75, 3.05) is 26.2 Å². The number of amides is 2. The average Bonchev–Trinajstić information content (AvgIpc) is 2.42. The molecule has 1 aliphatic heterocycles. The van der Waals surface area contributed by atoms with Crippen LogP contribution in [-0.2, 0) is 0 Å². The molecule has 2 amide bonds. The summed E-state index contributed by atoms with van der Waals surface area (Å²) in [5.74, 6) is 1.58. The van der Waals surface area contributed by atoms with Crippen LogP contribution in [-0.4, -0.2) is 38.4 Å². The van der Waals surface area contributed by atoms with Crippen molar-refractivity contribution in [1.29, 1.82) is 0 Å². The molecule has 0 aliphatic carbocycles. The predicted molar refractivity (Wildman–Crippen MR) is 78.2 cm³/mol. The molecular weight excluding hydrogens is 258 g/mol. The minimum Gasteiger partial charge on any atom is -0.486 e. The molecule has 112 valence electrons. The average molecular weight is 281 g/mol. The fraction of sp³-hybridized carbons (Fsp3) is 0.500. The highest BCUT2D eigenvalue weighted by Crippen LogP contribution is 2.30. The minimum atomic E-state index is -0.486. The summed E-state index contributed by atoms with van der Waals surface area (Å²) in [4.78, 5) is 10.5. The number of para-hydroxylation sites is 2. The normalized spacial score (nSPS) is 16.1. The van der Waals surface area contributed by atoms with Gasteiger partial charge in [0.2, 0.25) is 0 Å². The highest BCUT2D eigenvalue weighted by Gasteiger charge is 2.19. The second-order valence-electron chi connectivity index (χ2n) is 4.35. The Kier molecular flexibility index (Phi) is 6.66. The summed E-state index contributed by atoms with van der Waals surface area (Å²) in [6.45, 7) is 2.63. The van der Waals surface area contributed by atoms with Gasteiger partial charge < -0.3 is 25.8 Å². The number of urea groups is 1. The van der Waals surface area contributed by atoms with Gasteiger partial charge in [0.15, 0.2) is 11.5 Å². The lowest BCUT2D eigenvalue weighted by molar-refractivity contribution is 0.0905. The quantitative estimate of drug-likeness (QED) is 0.682. The van der Waals surface area contributed by atoms with Crippen molar-refractivity contribution in [2.45, 2.75) is 20.0 Å². The van der Waals surface area contributed by atoms with Gasteiger partial charge in [-0.3, -0.25) is 0 Å². The monoisotopic (exact) mass is 281 g/mol. The SMILES string of the molecule is C.NC(=O)NCCCNCC1COc2ccccc2O1. The first-order valence-corrected chi connectivity index (χ1v) is 6.38. The summed E-state index contributed by atoms with van der Waals surface area (Å²) in [7, 11) is 0. The largest absolute Gasteiger partial charge is 0.486 e. The van der Waals surface area contributed by atoms with Crippen molar-refractivity contribution >= 4 is 6.03 Å². The van der Waals surface area contributed by atoms with E-state index in [0.717, 1.165) is 24.5 Å². The van der Waals surface area contributed by atoms with E-state index in [9.17, 15) is 4.79 Å². The maximum absolute atomic E-state index is 10.5. The van der Waals surface area contributed by atoms with Crippen LogP contribution in [0.3, 0.4) is 0 Å². The zero-order chi connectivity index (χ0) is 13.5. The van der Waals surface area contributed by atoms with Crippen LogP contribution in [0.4, 0.5) is 4.79 Å². The third-order valence-electron chi connectivity index (χ3n) is 2.77. The number of benzene rings is 1. The van der Waals surface area contributed by atoms with Gasteiger partial charge >= 0.3 is 6.03 Å². The van der Waals surface area contributed by atoms with Gasteiger partial charge in [-0.25, -0.2) is 4.79 Å². The van der Waals surface area contributed by atoms with Crippen LogP contribution in [0.5, 0.6) is 11.5 Å². The number of ether oxygens (including phenoxy) is 2. The highest BCUT2D eigenvalue weighted by molar-refractivity contribution is 5.71. The summed E-state index contributed by atoms with van der Waals surface area (Å²) in [6, 6.07) is 7.16. The summed E-state index contributed by atoms with van der Waals surface area (Å²) >= 11 is 0. The molecular formula is C14H23N3O3. The van der Waals surface area contributed by atoms with Gasteiger partial charge in [0.1, 0.15) is 12.7 Å². The van der Waals surface area contributed by atoms with E-state index in [1.165, 1.54) is 0 Å². The van der Waals surface area contributed by atoms with E-state index < -0.39 is 6.03 Å². The molecule has 1 aliphatic rings. The van der Waals surface area contributed by atoms with Crippen molar-refractivity contribution in [3.63, 3.8) is 0 Å². The second-order valence-corrected chi connectivity index (χ2v) is 4.35. The van der Waals surface area contributed by atoms with Crippen molar-refractivity contribution in [2.24, 2.45) is 5.73 Å². The zero-order valence-electron chi connectivity index (χ0n) is 10.7. The van der Waals surface area contributed by atoms with Crippen molar-refractivity contribution < 1.29 is 14.3 Å². The summed E-state index contributed by atoms with van der Waals surface area (Å²) in [6.07, 6.45) is 0.839. The van der Waals surface area contributed by atoms with Gasteiger partial charge in [-0.2, -0.15) is 0 Å². The lowest BCUT2D eigenvalue weighted by Crippen LogP contribution is -2.39. The topological polar surface area (TPSA) is 85.6 Å². The molecule has 1 aromatic rings. The zero-order valence-corrected chi connectivity index (χ0v) is 10.7. The fourth-order valence-electron chi connectivity index (χ4n) is 1.85. The summed E-state index contributed by atoms with van der Waals surface area (Å²) < 4.78 is 11.4. The number of hydrogen-bond donors (Lipinski definition) is 3. The number of primary amides is 1. The van der Waals surface area contributed by atoms with Gasteiger partial charge in [0, 0.05) is 13.1 Å². The van der Waals surface area contributed by atoms with Gasteiger partial charge in [0.05, 0.1) is 0 Å². The Morgan fingerprint density at radius 2 is 2.05 bits per heavy atom. The van der Waals surface area contributed by atoms with E-state index in [-0.39, 0.29) is 13.5 Å². The first-order chi connectivity index (χ1) is 9.25. The molecule has 6 nitrogen and oxygen atoms in total. The molecule has 1 heterocycles. The Bertz CT molecular complexity index is 426. The summed E-state index contributed by atoms with van der Waals surface area (Å²) in [5.41, 5.74) is 4.96. The number of nitrogens with two attached hydrogens (primary N) is 1. The first-order valence-electron chi connectivity index (χ1n) is 6.38. The van der Waals surface area contributed by atoms with Crippen molar-refractivity contribution in [1.82, 2.24) is 10.6 Å². The highest BCUT2D eigenvalue weighted by atomic mass is 16.6. The molecule has 0 spiro atoms. The lowest BCUT2D eigenvalue weighted by atomic mass is 10.2. The van der Waals surface area contributed by atoms with Gasteiger partial charge in [0.25, 0.3) is 0 Å². The van der Waals surface area contributed by atoms with E-state index in [4.69, 9.17) is 15.2 Å². The first kappa shape index (κ1) is 16.1. The predicted octanol–water partition coefficient (Wildman–Crippen LogP) is 1.11. The Morgan fingerprint density at radius 1 is 1.30 bits per heavy atom. The molecule has 0 bridgehead atoms. The number of carbonyl (C=O) groups is 1. The van der Waals surface area contributed by atoms with Crippen molar-refractivity contribution in [3.8, 4) is 11.5 Å².